The van der Waals surface area contributed by atoms with Crippen molar-refractivity contribution in [2.24, 2.45) is 0 Å². The van der Waals surface area contributed by atoms with Crippen LogP contribution in [-0.4, -0.2) is 63.1 Å². The van der Waals surface area contributed by atoms with E-state index in [1.54, 1.807) is 33.9 Å². The van der Waals surface area contributed by atoms with Crippen molar-refractivity contribution in [1.82, 2.24) is 20.0 Å². The predicted molar refractivity (Wildman–Crippen MR) is 132 cm³/mol. The second-order valence-electron chi connectivity index (χ2n) is 9.66. The third-order valence-corrected chi connectivity index (χ3v) is 5.38. The summed E-state index contributed by atoms with van der Waals surface area (Å²) in [6.45, 7) is 13.2. The highest BCUT2D eigenvalue weighted by Gasteiger charge is 2.22. The van der Waals surface area contributed by atoms with Gasteiger partial charge in [-0.15, -0.1) is 0 Å². The van der Waals surface area contributed by atoms with Gasteiger partial charge in [-0.25, -0.2) is 14.8 Å². The van der Waals surface area contributed by atoms with Gasteiger partial charge in [-0.05, 0) is 66.2 Å². The summed E-state index contributed by atoms with van der Waals surface area (Å²) in [6.07, 6.45) is -1.39. The molecule has 9 nitrogen and oxygen atoms in total. The molecule has 2 aromatic heterocycles. The first-order valence-corrected chi connectivity index (χ1v) is 11.5. The number of aryl methyl sites for hydroxylation is 3. The van der Waals surface area contributed by atoms with Gasteiger partial charge in [0.1, 0.15) is 29.8 Å². The third kappa shape index (κ3) is 6.57. The van der Waals surface area contributed by atoms with E-state index in [9.17, 15) is 9.90 Å². The molecule has 1 amide bonds. The molecular weight excluding hydrogens is 448 g/mol. The molecule has 0 saturated carbocycles. The minimum atomic E-state index is -0.889. The van der Waals surface area contributed by atoms with Crippen molar-refractivity contribution in [1.29, 1.82) is 0 Å². The smallest absolute Gasteiger partial charge is 0.410 e. The Morgan fingerprint density at radius 3 is 2.49 bits per heavy atom. The summed E-state index contributed by atoms with van der Waals surface area (Å²) in [7, 11) is 1.57. The van der Waals surface area contributed by atoms with Gasteiger partial charge in [0.15, 0.2) is 5.82 Å². The summed E-state index contributed by atoms with van der Waals surface area (Å²) in [5.74, 6) is 1.82. The first-order chi connectivity index (χ1) is 16.4. The van der Waals surface area contributed by atoms with E-state index in [0.717, 1.165) is 33.8 Å². The van der Waals surface area contributed by atoms with Gasteiger partial charge >= 0.3 is 6.09 Å². The Morgan fingerprint density at radius 1 is 1.14 bits per heavy atom. The van der Waals surface area contributed by atoms with Gasteiger partial charge in [0.25, 0.3) is 0 Å². The Morgan fingerprint density at radius 2 is 1.86 bits per heavy atom. The molecule has 3 rings (SSSR count). The fourth-order valence-electron chi connectivity index (χ4n) is 3.52. The maximum atomic E-state index is 12.1. The van der Waals surface area contributed by atoms with Crippen molar-refractivity contribution in [3.05, 3.63) is 47.0 Å². The second-order valence-corrected chi connectivity index (χ2v) is 9.66. The summed E-state index contributed by atoms with van der Waals surface area (Å²) in [4.78, 5) is 22.9. The quantitative estimate of drug-likeness (QED) is 0.519. The summed E-state index contributed by atoms with van der Waals surface area (Å²) in [5, 5.41) is 14.4. The van der Waals surface area contributed by atoms with Crippen molar-refractivity contribution in [3.8, 4) is 28.4 Å². The molecule has 1 atom stereocenters. The van der Waals surface area contributed by atoms with E-state index in [1.807, 2.05) is 45.9 Å². The number of ether oxygens (including phenoxy) is 2. The minimum Gasteiger partial charge on any atom is -0.491 e. The fraction of sp³-hybridized carbons (Fsp3) is 0.462. The van der Waals surface area contributed by atoms with Crippen LogP contribution in [0.5, 0.6) is 5.75 Å². The molecule has 0 fully saturated rings. The number of carbonyl (C=O) groups excluding carboxylic acids is 1. The number of aliphatic hydroxyl groups excluding tert-OH is 1. The molecule has 3 aromatic rings. The van der Waals surface area contributed by atoms with Gasteiger partial charge in [-0.1, -0.05) is 17.3 Å². The lowest BCUT2D eigenvalue weighted by atomic mass is 10.0. The maximum absolute atomic E-state index is 12.1. The van der Waals surface area contributed by atoms with Crippen LogP contribution in [0.15, 0.2) is 28.8 Å². The van der Waals surface area contributed by atoms with Crippen molar-refractivity contribution in [3.63, 3.8) is 0 Å². The van der Waals surface area contributed by atoms with Crippen LogP contribution < -0.4 is 4.74 Å². The molecule has 0 aliphatic carbocycles. The van der Waals surface area contributed by atoms with E-state index in [0.29, 0.717) is 17.3 Å². The number of benzene rings is 1. The molecule has 0 bridgehead atoms. The summed E-state index contributed by atoms with van der Waals surface area (Å²) >= 11 is 0. The zero-order valence-electron chi connectivity index (χ0n) is 21.7. The highest BCUT2D eigenvalue weighted by molar-refractivity contribution is 5.71. The molecule has 2 heterocycles. The fourth-order valence-corrected chi connectivity index (χ4v) is 3.52. The van der Waals surface area contributed by atoms with Gasteiger partial charge in [-0.2, -0.15) is 0 Å². The van der Waals surface area contributed by atoms with Gasteiger partial charge < -0.3 is 24.0 Å². The first-order valence-electron chi connectivity index (χ1n) is 11.5. The number of carbonyl (C=O) groups is 1. The van der Waals surface area contributed by atoms with Crippen LogP contribution in [0.3, 0.4) is 0 Å². The number of nitrogens with zero attached hydrogens (tertiary/aromatic N) is 4. The van der Waals surface area contributed by atoms with E-state index in [-0.39, 0.29) is 13.2 Å². The molecule has 0 aliphatic rings. The summed E-state index contributed by atoms with van der Waals surface area (Å²) in [6, 6.07) is 7.37. The lowest BCUT2D eigenvalue weighted by Gasteiger charge is -2.26. The van der Waals surface area contributed by atoms with Crippen molar-refractivity contribution < 1.29 is 23.9 Å². The molecule has 0 saturated heterocycles. The number of aromatic nitrogens is 3. The van der Waals surface area contributed by atoms with Crippen LogP contribution in [0, 0.1) is 27.7 Å². The molecule has 0 unspecified atom stereocenters. The third-order valence-electron chi connectivity index (χ3n) is 5.38. The van der Waals surface area contributed by atoms with Crippen molar-refractivity contribution in [2.45, 2.75) is 60.2 Å². The zero-order chi connectivity index (χ0) is 25.9. The number of aliphatic hydroxyl groups is 1. The van der Waals surface area contributed by atoms with Crippen molar-refractivity contribution in [2.75, 3.05) is 20.2 Å². The van der Waals surface area contributed by atoms with Crippen LogP contribution in [0.25, 0.3) is 22.6 Å². The minimum absolute atomic E-state index is 0.00863. The molecule has 0 aliphatic heterocycles. The molecule has 0 spiro atoms. The number of hydrogen-bond acceptors (Lipinski definition) is 8. The molecule has 35 heavy (non-hydrogen) atoms. The summed E-state index contributed by atoms with van der Waals surface area (Å²) in [5.41, 5.74) is 4.44. The van der Waals surface area contributed by atoms with E-state index in [1.165, 1.54) is 4.90 Å². The molecule has 9 heteroatoms. The summed E-state index contributed by atoms with van der Waals surface area (Å²) < 4.78 is 16.4. The Balaban J connectivity index is 1.74. The molecule has 1 aromatic carbocycles. The van der Waals surface area contributed by atoms with Crippen LogP contribution in [0.2, 0.25) is 0 Å². The average Bonchev–Trinajstić information content (AvgIpc) is 3.11. The van der Waals surface area contributed by atoms with Crippen LogP contribution in [0.1, 0.15) is 43.5 Å². The van der Waals surface area contributed by atoms with Gasteiger partial charge in [0.05, 0.1) is 23.5 Å². The largest absolute Gasteiger partial charge is 0.491 e. The Hall–Kier alpha value is -3.46. The standard InChI is InChI=1S/C26H34N4O5/c1-15-16(2)27-24(28-23(15)22-17(3)29-35-18(22)4)19-10-9-11-21(12-19)33-14-20(31)13-30(8)25(32)34-26(5,6)7/h9-12,20,31H,13-14H2,1-8H3/t20-/m0/s1. The van der Waals surface area contributed by atoms with Crippen LogP contribution in [-0.2, 0) is 4.74 Å². The van der Waals surface area contributed by atoms with E-state index >= 15 is 0 Å². The normalized spacial score (nSPS) is 12.4. The maximum Gasteiger partial charge on any atom is 0.410 e. The number of amides is 1. The molecule has 1 N–H and O–H groups in total. The average molecular weight is 483 g/mol. The highest BCUT2D eigenvalue weighted by Crippen LogP contribution is 2.31. The van der Waals surface area contributed by atoms with Gasteiger partial charge in [0.2, 0.25) is 0 Å². The highest BCUT2D eigenvalue weighted by atomic mass is 16.6. The van der Waals surface area contributed by atoms with E-state index in [2.05, 4.69) is 10.1 Å². The Bertz CT molecular complexity index is 1180. The lowest BCUT2D eigenvalue weighted by Crippen LogP contribution is -2.40. The first kappa shape index (κ1) is 26.2. The molecule has 0 radical (unpaired) electrons. The predicted octanol–water partition coefficient (Wildman–Crippen LogP) is 4.64. The van der Waals surface area contributed by atoms with Crippen LogP contribution >= 0.6 is 0 Å². The van der Waals surface area contributed by atoms with Crippen molar-refractivity contribution >= 4 is 6.09 Å². The topological polar surface area (TPSA) is 111 Å². The Labute approximate surface area is 206 Å². The monoisotopic (exact) mass is 482 g/mol. The number of hydrogen-bond donors (Lipinski definition) is 1. The van der Waals surface area contributed by atoms with Gasteiger partial charge in [-0.3, -0.25) is 0 Å². The number of likely N-dealkylation sites (N-methyl/N-ethyl adjacent to an activating group) is 1. The van der Waals surface area contributed by atoms with E-state index < -0.39 is 17.8 Å². The SMILES string of the molecule is Cc1nc(-c2cccc(OC[C@@H](O)CN(C)C(=O)OC(C)(C)C)c2)nc(-c2c(C)noc2C)c1C. The number of rotatable bonds is 7. The molecule has 188 valence electrons. The molecular formula is C26H34N4O5. The van der Waals surface area contributed by atoms with E-state index in [4.69, 9.17) is 19.0 Å². The Kier molecular flexibility index (Phi) is 7.80. The van der Waals surface area contributed by atoms with Crippen LogP contribution in [0.4, 0.5) is 4.79 Å². The van der Waals surface area contributed by atoms with Gasteiger partial charge in [0, 0.05) is 18.3 Å². The zero-order valence-corrected chi connectivity index (χ0v) is 21.7. The second kappa shape index (κ2) is 10.4. The lowest BCUT2D eigenvalue weighted by molar-refractivity contribution is 0.0154.